The first-order valence-electron chi connectivity index (χ1n) is 6.15. The van der Waals surface area contributed by atoms with Gasteiger partial charge in [0.15, 0.2) is 0 Å². The van der Waals surface area contributed by atoms with E-state index in [1.54, 1.807) is 31.6 Å². The molecule has 2 aromatic rings. The lowest BCUT2D eigenvalue weighted by atomic mass is 10.1. The molecule has 0 aliphatic carbocycles. The highest BCUT2D eigenvalue weighted by atomic mass is 79.9. The Morgan fingerprint density at radius 3 is 2.52 bits per heavy atom. The largest absolute Gasteiger partial charge is 0.478 e. The molecule has 0 saturated carbocycles. The number of aromatic nitrogens is 2. The number of carbonyl (C=O) groups excluding carboxylic acids is 1. The van der Waals surface area contributed by atoms with Gasteiger partial charge in [-0.1, -0.05) is 0 Å². The number of aryl methyl sites for hydroxylation is 2. The number of halogens is 1. The average molecular weight is 352 g/mol. The Morgan fingerprint density at radius 2 is 2.00 bits per heavy atom. The van der Waals surface area contributed by atoms with Gasteiger partial charge >= 0.3 is 5.97 Å². The van der Waals surface area contributed by atoms with Crippen LogP contribution in [0.4, 0.5) is 5.69 Å². The maximum absolute atomic E-state index is 12.4. The van der Waals surface area contributed by atoms with E-state index in [2.05, 4.69) is 26.3 Å². The minimum Gasteiger partial charge on any atom is -0.478 e. The second-order valence-corrected chi connectivity index (χ2v) is 5.48. The van der Waals surface area contributed by atoms with Crippen LogP contribution in [-0.4, -0.2) is 26.8 Å². The zero-order valence-corrected chi connectivity index (χ0v) is 13.4. The SMILES string of the molecule is Cc1nn(C)c(C)c1C(=O)Nc1cc(C(=O)O)ccc1Br. The van der Waals surface area contributed by atoms with E-state index in [1.807, 2.05) is 0 Å². The van der Waals surface area contributed by atoms with Crippen molar-refractivity contribution in [1.29, 1.82) is 0 Å². The zero-order chi connectivity index (χ0) is 15.7. The molecule has 1 aromatic heterocycles. The molecular weight excluding hydrogens is 338 g/mol. The fraction of sp³-hybridized carbons (Fsp3) is 0.214. The number of anilines is 1. The predicted octanol–water partition coefficient (Wildman–Crippen LogP) is 2.75. The van der Waals surface area contributed by atoms with E-state index in [0.717, 1.165) is 5.69 Å². The van der Waals surface area contributed by atoms with Crippen LogP contribution in [-0.2, 0) is 7.05 Å². The van der Waals surface area contributed by atoms with E-state index >= 15 is 0 Å². The van der Waals surface area contributed by atoms with Crippen LogP contribution in [0.3, 0.4) is 0 Å². The van der Waals surface area contributed by atoms with Crippen LogP contribution < -0.4 is 5.32 Å². The number of nitrogens with one attached hydrogen (secondary N) is 1. The van der Waals surface area contributed by atoms with Gasteiger partial charge in [-0.2, -0.15) is 5.10 Å². The number of aromatic carboxylic acids is 1. The molecule has 6 nitrogen and oxygen atoms in total. The zero-order valence-electron chi connectivity index (χ0n) is 11.8. The molecular formula is C14H14BrN3O3. The van der Waals surface area contributed by atoms with Crippen LogP contribution in [0.25, 0.3) is 0 Å². The van der Waals surface area contributed by atoms with E-state index in [-0.39, 0.29) is 11.5 Å². The molecule has 1 amide bonds. The third-order valence-corrected chi connectivity index (χ3v) is 3.89. The first kappa shape index (κ1) is 15.2. The topological polar surface area (TPSA) is 84.2 Å². The Hall–Kier alpha value is -2.15. The van der Waals surface area contributed by atoms with Crippen molar-refractivity contribution in [2.45, 2.75) is 13.8 Å². The number of amides is 1. The van der Waals surface area contributed by atoms with Crippen LogP contribution in [0.1, 0.15) is 32.1 Å². The van der Waals surface area contributed by atoms with Crippen LogP contribution in [0.2, 0.25) is 0 Å². The normalized spacial score (nSPS) is 10.5. The molecule has 7 heteroatoms. The molecule has 0 atom stereocenters. The molecule has 0 fully saturated rings. The molecule has 0 saturated heterocycles. The maximum Gasteiger partial charge on any atom is 0.335 e. The number of hydrogen-bond donors (Lipinski definition) is 2. The van der Waals surface area contributed by atoms with E-state index in [4.69, 9.17) is 5.11 Å². The van der Waals surface area contributed by atoms with Gasteiger partial charge in [0.2, 0.25) is 0 Å². The van der Waals surface area contributed by atoms with Crippen molar-refractivity contribution in [3.05, 3.63) is 45.2 Å². The molecule has 110 valence electrons. The smallest absolute Gasteiger partial charge is 0.335 e. The Balaban J connectivity index is 2.35. The molecule has 21 heavy (non-hydrogen) atoms. The van der Waals surface area contributed by atoms with Gasteiger partial charge in [0.1, 0.15) is 0 Å². The van der Waals surface area contributed by atoms with Crippen molar-refractivity contribution >= 4 is 33.5 Å². The van der Waals surface area contributed by atoms with Gasteiger partial charge in [0, 0.05) is 17.2 Å². The van der Waals surface area contributed by atoms with Gasteiger partial charge in [-0.15, -0.1) is 0 Å². The van der Waals surface area contributed by atoms with Crippen molar-refractivity contribution in [3.63, 3.8) is 0 Å². The summed E-state index contributed by atoms with van der Waals surface area (Å²) in [7, 11) is 1.76. The van der Waals surface area contributed by atoms with E-state index in [9.17, 15) is 9.59 Å². The van der Waals surface area contributed by atoms with Crippen LogP contribution in [0, 0.1) is 13.8 Å². The molecule has 0 radical (unpaired) electrons. The lowest BCUT2D eigenvalue weighted by Crippen LogP contribution is -2.15. The maximum atomic E-state index is 12.4. The van der Waals surface area contributed by atoms with Crippen molar-refractivity contribution in [1.82, 2.24) is 9.78 Å². The second-order valence-electron chi connectivity index (χ2n) is 4.62. The highest BCUT2D eigenvalue weighted by Gasteiger charge is 2.18. The lowest BCUT2D eigenvalue weighted by molar-refractivity contribution is 0.0696. The summed E-state index contributed by atoms with van der Waals surface area (Å²) in [5.41, 5.74) is 2.37. The lowest BCUT2D eigenvalue weighted by Gasteiger charge is -2.09. The molecule has 0 spiro atoms. The first-order valence-corrected chi connectivity index (χ1v) is 6.95. The number of carboxylic acid groups (broad SMARTS) is 1. The van der Waals surface area contributed by atoms with Crippen LogP contribution in [0.5, 0.6) is 0 Å². The standard InChI is InChI=1S/C14H14BrN3O3/c1-7-12(8(2)18(3)17-7)13(19)16-11-6-9(14(20)21)4-5-10(11)15/h4-6H,1-3H3,(H,16,19)(H,20,21). The van der Waals surface area contributed by atoms with E-state index < -0.39 is 5.97 Å². The molecule has 2 rings (SSSR count). The van der Waals surface area contributed by atoms with Crippen molar-refractivity contribution in [2.75, 3.05) is 5.32 Å². The van der Waals surface area contributed by atoms with Gasteiger partial charge in [-0.25, -0.2) is 4.79 Å². The number of carboxylic acids is 1. The van der Waals surface area contributed by atoms with Gasteiger partial charge in [0.25, 0.3) is 5.91 Å². The van der Waals surface area contributed by atoms with Gasteiger partial charge in [-0.05, 0) is 48.0 Å². The van der Waals surface area contributed by atoms with Crippen LogP contribution >= 0.6 is 15.9 Å². The fourth-order valence-corrected chi connectivity index (χ4v) is 2.39. The van der Waals surface area contributed by atoms with Gasteiger partial charge in [0.05, 0.1) is 22.5 Å². The number of carbonyl (C=O) groups is 2. The summed E-state index contributed by atoms with van der Waals surface area (Å²) < 4.78 is 2.24. The predicted molar refractivity (Wildman–Crippen MR) is 81.7 cm³/mol. The average Bonchev–Trinajstić information content (AvgIpc) is 2.65. The van der Waals surface area contributed by atoms with Crippen molar-refractivity contribution in [3.8, 4) is 0 Å². The van der Waals surface area contributed by atoms with Gasteiger partial charge < -0.3 is 10.4 Å². The summed E-state index contributed by atoms with van der Waals surface area (Å²) in [5.74, 6) is -1.37. The highest BCUT2D eigenvalue weighted by molar-refractivity contribution is 9.10. The Kier molecular flexibility index (Phi) is 4.13. The van der Waals surface area contributed by atoms with E-state index in [1.165, 1.54) is 12.1 Å². The second kappa shape index (κ2) is 5.69. The Labute approximate surface area is 129 Å². The third kappa shape index (κ3) is 2.97. The minimum atomic E-state index is -1.05. The summed E-state index contributed by atoms with van der Waals surface area (Å²) in [6, 6.07) is 4.45. The molecule has 0 bridgehead atoms. The molecule has 0 aliphatic rings. The molecule has 2 N–H and O–H groups in total. The van der Waals surface area contributed by atoms with Crippen molar-refractivity contribution < 1.29 is 14.7 Å². The number of nitrogens with zero attached hydrogens (tertiary/aromatic N) is 2. The Bertz CT molecular complexity index is 737. The van der Waals surface area contributed by atoms with Crippen molar-refractivity contribution in [2.24, 2.45) is 7.05 Å². The Morgan fingerprint density at radius 1 is 1.33 bits per heavy atom. The molecule has 1 heterocycles. The monoisotopic (exact) mass is 351 g/mol. The number of benzene rings is 1. The quantitative estimate of drug-likeness (QED) is 0.890. The molecule has 0 unspecified atom stereocenters. The summed E-state index contributed by atoms with van der Waals surface area (Å²) in [5, 5.41) is 15.9. The highest BCUT2D eigenvalue weighted by Crippen LogP contribution is 2.25. The summed E-state index contributed by atoms with van der Waals surface area (Å²) in [4.78, 5) is 23.4. The molecule has 1 aromatic carbocycles. The number of hydrogen-bond acceptors (Lipinski definition) is 3. The van der Waals surface area contributed by atoms with Crippen LogP contribution in [0.15, 0.2) is 22.7 Å². The third-order valence-electron chi connectivity index (χ3n) is 3.20. The summed E-state index contributed by atoms with van der Waals surface area (Å²) in [6.07, 6.45) is 0. The minimum absolute atomic E-state index is 0.105. The summed E-state index contributed by atoms with van der Waals surface area (Å²) >= 11 is 3.29. The first-order chi connectivity index (χ1) is 9.81. The van der Waals surface area contributed by atoms with E-state index in [0.29, 0.717) is 21.4 Å². The number of rotatable bonds is 3. The summed E-state index contributed by atoms with van der Waals surface area (Å²) in [6.45, 7) is 3.56. The van der Waals surface area contributed by atoms with Gasteiger partial charge in [-0.3, -0.25) is 9.48 Å². The fourth-order valence-electron chi connectivity index (χ4n) is 2.04. The molecule has 0 aliphatic heterocycles.